The predicted octanol–water partition coefficient (Wildman–Crippen LogP) is 0.484. The number of piperazine rings is 1. The van der Waals surface area contributed by atoms with Gasteiger partial charge < -0.3 is 20.9 Å². The van der Waals surface area contributed by atoms with Crippen LogP contribution in [-0.4, -0.2) is 67.4 Å². The van der Waals surface area contributed by atoms with Crippen molar-refractivity contribution in [1.29, 1.82) is 0 Å². The zero-order chi connectivity index (χ0) is 15.1. The van der Waals surface area contributed by atoms with Crippen LogP contribution in [-0.2, 0) is 9.59 Å². The second-order valence-corrected chi connectivity index (χ2v) is 5.64. The van der Waals surface area contributed by atoms with Crippen LogP contribution in [0.4, 0.5) is 0 Å². The normalized spacial score (nSPS) is 17.7. The average Bonchev–Trinajstić information content (AvgIpc) is 2.45. The minimum absolute atomic E-state index is 0. The van der Waals surface area contributed by atoms with E-state index in [1.165, 1.54) is 0 Å². The van der Waals surface area contributed by atoms with Crippen molar-refractivity contribution < 1.29 is 9.59 Å². The molecule has 8 heteroatoms. The van der Waals surface area contributed by atoms with Crippen LogP contribution in [0.3, 0.4) is 0 Å². The van der Waals surface area contributed by atoms with Gasteiger partial charge in [0.1, 0.15) is 0 Å². The molecule has 0 aromatic heterocycles. The van der Waals surface area contributed by atoms with Crippen molar-refractivity contribution in [2.45, 2.75) is 32.7 Å². The van der Waals surface area contributed by atoms with Crippen LogP contribution < -0.4 is 11.1 Å². The van der Waals surface area contributed by atoms with Gasteiger partial charge >= 0.3 is 0 Å². The summed E-state index contributed by atoms with van der Waals surface area (Å²) in [6, 6.07) is -0.487. The van der Waals surface area contributed by atoms with Gasteiger partial charge in [0.2, 0.25) is 11.8 Å². The molecule has 2 unspecified atom stereocenters. The largest absolute Gasteiger partial charge is 0.354 e. The fourth-order valence-corrected chi connectivity index (χ4v) is 2.14. The molecule has 0 aromatic rings. The van der Waals surface area contributed by atoms with Crippen molar-refractivity contribution >= 4 is 36.6 Å². The van der Waals surface area contributed by atoms with E-state index in [2.05, 4.69) is 17.3 Å². The minimum Gasteiger partial charge on any atom is -0.354 e. The summed E-state index contributed by atoms with van der Waals surface area (Å²) in [5, 5.41) is 2.75. The van der Waals surface area contributed by atoms with Crippen LogP contribution in [0.15, 0.2) is 0 Å². The number of nitrogens with zero attached hydrogens (tertiary/aromatic N) is 2. The summed E-state index contributed by atoms with van der Waals surface area (Å²) >= 11 is 0. The number of halogens is 2. The van der Waals surface area contributed by atoms with E-state index in [1.54, 1.807) is 0 Å². The SMILES string of the molecule is CCC(C)C(N)C(=O)NCCC(=O)N1CCN(C)CC1.Cl.Cl. The highest BCUT2D eigenvalue weighted by Gasteiger charge is 2.21. The highest BCUT2D eigenvalue weighted by Crippen LogP contribution is 2.05. The van der Waals surface area contributed by atoms with Crippen LogP contribution in [0, 0.1) is 5.92 Å². The number of nitrogens with two attached hydrogens (primary N) is 1. The Morgan fingerprint density at radius 2 is 1.73 bits per heavy atom. The van der Waals surface area contributed by atoms with Crippen LogP contribution in [0.25, 0.3) is 0 Å². The van der Waals surface area contributed by atoms with Gasteiger partial charge in [0.25, 0.3) is 0 Å². The molecule has 0 saturated carbocycles. The third-order valence-electron chi connectivity index (χ3n) is 4.05. The Morgan fingerprint density at radius 3 is 2.23 bits per heavy atom. The first-order chi connectivity index (χ1) is 9.45. The number of hydrogen-bond donors (Lipinski definition) is 2. The smallest absolute Gasteiger partial charge is 0.237 e. The van der Waals surface area contributed by atoms with Gasteiger partial charge in [-0.15, -0.1) is 24.8 Å². The molecule has 3 N–H and O–H groups in total. The first kappa shape index (κ1) is 23.7. The highest BCUT2D eigenvalue weighted by molar-refractivity contribution is 5.85. The molecule has 1 aliphatic rings. The molecule has 6 nitrogen and oxygen atoms in total. The lowest BCUT2D eigenvalue weighted by Crippen LogP contribution is -2.48. The molecule has 22 heavy (non-hydrogen) atoms. The quantitative estimate of drug-likeness (QED) is 0.725. The van der Waals surface area contributed by atoms with Crippen molar-refractivity contribution in [3.05, 3.63) is 0 Å². The van der Waals surface area contributed by atoms with Crippen molar-refractivity contribution in [1.82, 2.24) is 15.1 Å². The Balaban J connectivity index is 0. The van der Waals surface area contributed by atoms with Gasteiger partial charge in [-0.2, -0.15) is 0 Å². The van der Waals surface area contributed by atoms with E-state index in [-0.39, 0.29) is 42.5 Å². The van der Waals surface area contributed by atoms with Gasteiger partial charge in [-0.05, 0) is 13.0 Å². The summed E-state index contributed by atoms with van der Waals surface area (Å²) in [7, 11) is 2.05. The van der Waals surface area contributed by atoms with Crippen LogP contribution in [0.1, 0.15) is 26.7 Å². The van der Waals surface area contributed by atoms with Gasteiger partial charge in [0.05, 0.1) is 6.04 Å². The number of rotatable bonds is 6. The van der Waals surface area contributed by atoms with Gasteiger partial charge in [-0.3, -0.25) is 9.59 Å². The zero-order valence-corrected chi connectivity index (χ0v) is 15.3. The Labute approximate surface area is 146 Å². The molecule has 2 amide bonds. The molecular formula is C14H30Cl2N4O2. The van der Waals surface area contributed by atoms with E-state index in [1.807, 2.05) is 18.7 Å². The lowest BCUT2D eigenvalue weighted by molar-refractivity contribution is -0.132. The summed E-state index contributed by atoms with van der Waals surface area (Å²) in [4.78, 5) is 27.8. The maximum absolute atomic E-state index is 12.0. The molecule has 132 valence electrons. The molecule has 2 atom stereocenters. The third-order valence-corrected chi connectivity index (χ3v) is 4.05. The first-order valence-corrected chi connectivity index (χ1v) is 7.45. The van der Waals surface area contributed by atoms with E-state index in [0.29, 0.717) is 13.0 Å². The van der Waals surface area contributed by atoms with E-state index < -0.39 is 6.04 Å². The first-order valence-electron chi connectivity index (χ1n) is 7.45. The molecule has 0 bridgehead atoms. The molecule has 1 rings (SSSR count). The third kappa shape index (κ3) is 7.63. The van der Waals surface area contributed by atoms with Gasteiger partial charge in [-0.25, -0.2) is 0 Å². The maximum atomic E-state index is 12.0. The van der Waals surface area contributed by atoms with Crippen molar-refractivity contribution in [3.63, 3.8) is 0 Å². The van der Waals surface area contributed by atoms with Crippen LogP contribution >= 0.6 is 24.8 Å². The van der Waals surface area contributed by atoms with E-state index in [0.717, 1.165) is 32.6 Å². The fourth-order valence-electron chi connectivity index (χ4n) is 2.14. The van der Waals surface area contributed by atoms with Gasteiger partial charge in [-0.1, -0.05) is 20.3 Å². The van der Waals surface area contributed by atoms with Gasteiger partial charge in [0.15, 0.2) is 0 Å². The zero-order valence-electron chi connectivity index (χ0n) is 13.7. The molecule has 1 aliphatic heterocycles. The second kappa shape index (κ2) is 11.9. The summed E-state index contributed by atoms with van der Waals surface area (Å²) in [5.41, 5.74) is 5.83. The summed E-state index contributed by atoms with van der Waals surface area (Å²) in [6.07, 6.45) is 1.22. The van der Waals surface area contributed by atoms with Crippen molar-refractivity contribution in [3.8, 4) is 0 Å². The minimum atomic E-state index is -0.487. The number of carbonyl (C=O) groups is 2. The Hall–Kier alpha value is -0.560. The standard InChI is InChI=1S/C14H28N4O2.2ClH/c1-4-11(2)13(15)14(20)16-6-5-12(19)18-9-7-17(3)8-10-18;;/h11,13H,4-10,15H2,1-3H3,(H,16,20);2*1H. The summed E-state index contributed by atoms with van der Waals surface area (Å²) < 4.78 is 0. The van der Waals surface area contributed by atoms with Crippen LogP contribution in [0.5, 0.6) is 0 Å². The Kier molecular flexibility index (Phi) is 12.9. The number of carbonyl (C=O) groups excluding carboxylic acids is 2. The highest BCUT2D eigenvalue weighted by atomic mass is 35.5. The second-order valence-electron chi connectivity index (χ2n) is 5.64. The number of likely N-dealkylation sites (N-methyl/N-ethyl adjacent to an activating group) is 1. The van der Waals surface area contributed by atoms with E-state index >= 15 is 0 Å². The fraction of sp³-hybridized carbons (Fsp3) is 0.857. The molecule has 0 radical (unpaired) electrons. The van der Waals surface area contributed by atoms with Gasteiger partial charge in [0, 0.05) is 39.1 Å². The predicted molar refractivity (Wildman–Crippen MR) is 93.6 cm³/mol. The van der Waals surface area contributed by atoms with Crippen molar-refractivity contribution in [2.24, 2.45) is 11.7 Å². The van der Waals surface area contributed by atoms with Crippen LogP contribution in [0.2, 0.25) is 0 Å². The number of amides is 2. The molecule has 0 aliphatic carbocycles. The van der Waals surface area contributed by atoms with E-state index in [4.69, 9.17) is 5.73 Å². The average molecular weight is 357 g/mol. The number of nitrogens with one attached hydrogen (secondary N) is 1. The Bertz CT molecular complexity index is 337. The lowest BCUT2D eigenvalue weighted by atomic mass is 9.99. The summed E-state index contributed by atoms with van der Waals surface area (Å²) in [5.74, 6) is 0.101. The van der Waals surface area contributed by atoms with Crippen molar-refractivity contribution in [2.75, 3.05) is 39.8 Å². The number of hydrogen-bond acceptors (Lipinski definition) is 4. The monoisotopic (exact) mass is 356 g/mol. The molecule has 0 aromatic carbocycles. The van der Waals surface area contributed by atoms with E-state index in [9.17, 15) is 9.59 Å². The molecule has 0 spiro atoms. The molecular weight excluding hydrogens is 327 g/mol. The molecule has 1 saturated heterocycles. The lowest BCUT2D eigenvalue weighted by Gasteiger charge is -2.32. The Morgan fingerprint density at radius 1 is 1.18 bits per heavy atom. The summed E-state index contributed by atoms with van der Waals surface area (Å²) in [6.45, 7) is 7.71. The molecule has 1 heterocycles. The molecule has 1 fully saturated rings. The maximum Gasteiger partial charge on any atom is 0.237 e. The topological polar surface area (TPSA) is 78.7 Å².